The number of carboxylic acid groups (broad SMARTS) is 2. The number of nitrogens with zero attached hydrogens (tertiary/aromatic N) is 4. The highest BCUT2D eigenvalue weighted by atomic mass is 35.5. The molecule has 2 atom stereocenters. The van der Waals surface area contributed by atoms with E-state index >= 15 is 0 Å². The van der Waals surface area contributed by atoms with Crippen molar-refractivity contribution in [2.24, 2.45) is 11.1 Å². The number of carbonyl (C=O) groups is 5. The van der Waals surface area contributed by atoms with Crippen molar-refractivity contribution in [3.05, 3.63) is 45.1 Å². The molecule has 7 N–H and O–H groups in total. The van der Waals surface area contributed by atoms with Crippen LogP contribution in [0.1, 0.15) is 62.0 Å². The third-order valence-corrected chi connectivity index (χ3v) is 11.9. The minimum absolute atomic E-state index is 0.0000386. The number of anilines is 1. The van der Waals surface area contributed by atoms with Gasteiger partial charge in [0, 0.05) is 23.1 Å². The maximum absolute atomic E-state index is 13.6. The topological polar surface area (TPSA) is 242 Å². The number of halogens is 1. The van der Waals surface area contributed by atoms with Crippen molar-refractivity contribution in [1.82, 2.24) is 15.2 Å². The quantitative estimate of drug-likeness (QED) is 0.0532. The molecule has 5 rings (SSSR count). The number of oxime groups is 1. The number of benzene rings is 1. The van der Waals surface area contributed by atoms with E-state index in [4.69, 9.17) is 22.2 Å². The molecule has 0 radical (unpaired) electrons. The maximum Gasteiger partial charge on any atom is 0.352 e. The number of β-lactam (4-membered cyclic amide) rings is 1. The number of amides is 2. The molecule has 1 aromatic heterocycles. The van der Waals surface area contributed by atoms with E-state index in [0.717, 1.165) is 50.1 Å². The first-order valence-corrected chi connectivity index (χ1v) is 18.8. The van der Waals surface area contributed by atoms with Gasteiger partial charge in [-0.15, -0.1) is 23.1 Å². The number of rotatable bonds is 14. The number of likely N-dealkylation sites (tertiary alicyclic amines) is 1. The lowest BCUT2D eigenvalue weighted by Gasteiger charge is -2.50. The van der Waals surface area contributed by atoms with Crippen molar-refractivity contribution in [1.29, 1.82) is 0 Å². The number of quaternary nitrogens is 1. The molecule has 0 spiro atoms. The Morgan fingerprint density at radius 1 is 1.15 bits per heavy atom. The molecule has 52 heavy (non-hydrogen) atoms. The average molecular weight is 780 g/mol. The molecular weight excluding hydrogens is 740 g/mol. The number of hydrogen-bond acceptors (Lipinski definition) is 13. The largest absolute Gasteiger partial charge is 0.504 e. The highest BCUT2D eigenvalue weighted by Crippen LogP contribution is 2.46. The summed E-state index contributed by atoms with van der Waals surface area (Å²) in [7, 11) is 0. The summed E-state index contributed by atoms with van der Waals surface area (Å²) in [6.45, 7) is 5.00. The second-order valence-corrected chi connectivity index (χ2v) is 15.8. The fourth-order valence-corrected chi connectivity index (χ4v) is 8.73. The summed E-state index contributed by atoms with van der Waals surface area (Å²) in [5.74, 6) is -5.90. The molecule has 3 aliphatic rings. The Kier molecular flexibility index (Phi) is 11.7. The number of carboxylic acids is 2. The van der Waals surface area contributed by atoms with E-state index in [2.05, 4.69) is 15.5 Å². The van der Waals surface area contributed by atoms with Gasteiger partial charge in [-0.2, -0.15) is 0 Å². The Balaban J connectivity index is 1.33. The van der Waals surface area contributed by atoms with E-state index in [1.54, 1.807) is 0 Å². The van der Waals surface area contributed by atoms with Crippen LogP contribution in [0.25, 0.3) is 0 Å². The van der Waals surface area contributed by atoms with Crippen molar-refractivity contribution < 1.29 is 53.7 Å². The number of thiazole rings is 1. The van der Waals surface area contributed by atoms with Gasteiger partial charge < -0.3 is 40.8 Å². The lowest BCUT2D eigenvalue weighted by molar-refractivity contribution is -0.922. The molecule has 19 heteroatoms. The van der Waals surface area contributed by atoms with E-state index in [1.165, 1.54) is 48.0 Å². The molecule has 0 bridgehead atoms. The second kappa shape index (κ2) is 15.7. The van der Waals surface area contributed by atoms with E-state index in [9.17, 15) is 44.4 Å². The van der Waals surface area contributed by atoms with Crippen molar-refractivity contribution in [2.75, 3.05) is 44.2 Å². The van der Waals surface area contributed by atoms with Gasteiger partial charge in [-0.25, -0.2) is 14.6 Å². The molecule has 1 aromatic carbocycles. The predicted octanol–water partition coefficient (Wildman–Crippen LogP) is 3.02. The van der Waals surface area contributed by atoms with Crippen LogP contribution in [0.2, 0.25) is 5.02 Å². The van der Waals surface area contributed by atoms with Crippen molar-refractivity contribution >= 4 is 75.1 Å². The molecule has 3 aliphatic heterocycles. The second-order valence-electron chi connectivity index (χ2n) is 13.5. The standard InChI is InChI=1S/C33H39ClN6O10S2/c1-33(2,31(48)49)50-38-24(20-16-52-32(35)37-20)22(42)13-19-28(45)39-25(30(46)47)17(15-51-29(19)39)14-40(10-5-3-4-6-11-40)12-9-36-27(44)18-7-8-21(41)26(43)23(18)34/h7-8,16,19,29H,3-6,9-15H2,1-2H3,(H6-,35,36,37,38,41,42,43,44,46,47,48,49)/p+1. The fourth-order valence-electron chi connectivity index (χ4n) is 6.53. The number of nitrogens with two attached hydrogens (primary N) is 1. The highest BCUT2D eigenvalue weighted by molar-refractivity contribution is 8.00. The molecule has 2 fully saturated rings. The number of nitrogens with one attached hydrogen (secondary N) is 1. The minimum atomic E-state index is -1.77. The van der Waals surface area contributed by atoms with Crippen LogP contribution in [-0.2, 0) is 24.0 Å². The number of aliphatic carboxylic acids is 2. The number of hydrogen-bond donors (Lipinski definition) is 6. The summed E-state index contributed by atoms with van der Waals surface area (Å²) in [5.41, 5.74) is 4.23. The van der Waals surface area contributed by atoms with Crippen LogP contribution in [0.5, 0.6) is 11.5 Å². The van der Waals surface area contributed by atoms with Gasteiger partial charge in [0.1, 0.15) is 17.9 Å². The van der Waals surface area contributed by atoms with Gasteiger partial charge in [-0.3, -0.25) is 19.3 Å². The van der Waals surface area contributed by atoms with E-state index < -0.39 is 57.9 Å². The number of nitrogen functional groups attached to an aromatic ring is 1. The van der Waals surface area contributed by atoms with Crippen molar-refractivity contribution in [2.45, 2.75) is 56.9 Å². The molecule has 280 valence electrons. The molecule has 0 aliphatic carbocycles. The van der Waals surface area contributed by atoms with Crippen LogP contribution in [0, 0.1) is 5.92 Å². The number of ketones is 1. The number of aromatic hydroxyl groups is 2. The zero-order valence-corrected chi connectivity index (χ0v) is 30.9. The number of aromatic nitrogens is 1. The van der Waals surface area contributed by atoms with Crippen LogP contribution >= 0.6 is 34.7 Å². The Morgan fingerprint density at radius 2 is 1.85 bits per heavy atom. The first-order chi connectivity index (χ1) is 24.5. The van der Waals surface area contributed by atoms with Gasteiger partial charge in [0.15, 0.2) is 28.1 Å². The zero-order chi connectivity index (χ0) is 38.0. The van der Waals surface area contributed by atoms with Gasteiger partial charge >= 0.3 is 11.9 Å². The van der Waals surface area contributed by atoms with E-state index in [1.807, 2.05) is 0 Å². The Morgan fingerprint density at radius 3 is 2.46 bits per heavy atom. The summed E-state index contributed by atoms with van der Waals surface area (Å²) in [6.07, 6.45) is 3.46. The fraction of sp³-hybridized carbons (Fsp3) is 0.485. The first kappa shape index (κ1) is 38.8. The third-order valence-electron chi connectivity index (χ3n) is 9.43. The lowest BCUT2D eigenvalue weighted by Crippen LogP contribution is -2.63. The van der Waals surface area contributed by atoms with Crippen molar-refractivity contribution in [3.63, 3.8) is 0 Å². The highest BCUT2D eigenvalue weighted by Gasteiger charge is 2.55. The SMILES string of the molecule is CC(C)(O/N=C(\C(=O)CC1C(=O)N2C(C(=O)O)=C(C[N+]3(CCNC(=O)c4ccc(O)c(O)c4Cl)CCCCCC3)CSC12)c1csc(N)n1)C(=O)O. The van der Waals surface area contributed by atoms with E-state index in [0.29, 0.717) is 28.9 Å². The summed E-state index contributed by atoms with van der Waals surface area (Å²) in [6, 6.07) is 2.48. The van der Waals surface area contributed by atoms with Gasteiger partial charge in [0.05, 0.1) is 48.1 Å². The Labute approximate surface area is 311 Å². The normalized spacial score (nSPS) is 20.4. The van der Waals surface area contributed by atoms with Crippen LogP contribution in [0.3, 0.4) is 0 Å². The predicted molar refractivity (Wildman–Crippen MR) is 192 cm³/mol. The van der Waals surface area contributed by atoms with Gasteiger partial charge in [0.2, 0.25) is 11.5 Å². The van der Waals surface area contributed by atoms with Gasteiger partial charge in [0.25, 0.3) is 5.91 Å². The maximum atomic E-state index is 13.6. The Bertz CT molecular complexity index is 1840. The van der Waals surface area contributed by atoms with Crippen LogP contribution in [-0.4, -0.2) is 119 Å². The van der Waals surface area contributed by atoms with Crippen LogP contribution in [0.4, 0.5) is 5.13 Å². The molecule has 2 saturated heterocycles. The molecular formula is C33H40ClN6O10S2+. The summed E-state index contributed by atoms with van der Waals surface area (Å²) in [5, 5.41) is 46.8. The molecule has 4 heterocycles. The smallest absolute Gasteiger partial charge is 0.352 e. The Hall–Kier alpha value is -4.39. The summed E-state index contributed by atoms with van der Waals surface area (Å²) in [4.78, 5) is 75.0. The lowest BCUT2D eigenvalue weighted by atomic mass is 9.89. The number of carbonyl (C=O) groups excluding carboxylic acids is 3. The van der Waals surface area contributed by atoms with Gasteiger partial charge in [-0.05, 0) is 51.7 Å². The minimum Gasteiger partial charge on any atom is -0.504 e. The zero-order valence-electron chi connectivity index (χ0n) is 28.5. The molecule has 2 unspecified atom stereocenters. The number of fused-ring (bicyclic) bond motifs is 1. The van der Waals surface area contributed by atoms with E-state index in [-0.39, 0.29) is 45.8 Å². The molecule has 2 amide bonds. The summed E-state index contributed by atoms with van der Waals surface area (Å²) >= 11 is 8.48. The first-order valence-electron chi connectivity index (χ1n) is 16.5. The van der Waals surface area contributed by atoms with Crippen LogP contribution < -0.4 is 11.1 Å². The molecule has 2 aromatic rings. The molecule has 0 saturated carbocycles. The third kappa shape index (κ3) is 8.14. The molecule has 16 nitrogen and oxygen atoms in total. The average Bonchev–Trinajstić information content (AvgIpc) is 3.38. The number of Topliss-reactive ketones (excluding diaryl/α,β-unsaturated/α-hetero) is 1. The number of phenolic OH excluding ortho intramolecular Hbond substituents is 2. The van der Waals surface area contributed by atoms with Crippen molar-refractivity contribution in [3.8, 4) is 11.5 Å². The van der Waals surface area contributed by atoms with Gasteiger partial charge in [-0.1, -0.05) is 16.8 Å². The van der Waals surface area contributed by atoms with Crippen LogP contribution in [0.15, 0.2) is 33.9 Å². The number of thioether (sulfide) groups is 1. The number of phenols is 2. The summed E-state index contributed by atoms with van der Waals surface area (Å²) < 4.78 is 0.486. The monoisotopic (exact) mass is 779 g/mol.